The summed E-state index contributed by atoms with van der Waals surface area (Å²) < 4.78 is 10.9. The third kappa shape index (κ3) is 3.67. The number of aromatic hydroxyl groups is 1. The number of carbonyl (C=O) groups is 2. The molecule has 2 aromatic carbocycles. The van der Waals surface area contributed by atoms with Crippen LogP contribution >= 0.6 is 0 Å². The zero-order valence-electron chi connectivity index (χ0n) is 16.2. The predicted octanol–water partition coefficient (Wildman–Crippen LogP) is 1.16. The molecule has 0 aromatic heterocycles. The molecule has 30 heavy (non-hydrogen) atoms. The monoisotopic (exact) mass is 414 g/mol. The van der Waals surface area contributed by atoms with Gasteiger partial charge in [-0.15, -0.1) is 0 Å². The Hall–Kier alpha value is -3.24. The van der Waals surface area contributed by atoms with E-state index in [4.69, 9.17) is 9.39 Å². The van der Waals surface area contributed by atoms with Crippen molar-refractivity contribution < 1.29 is 39.2 Å². The number of hydrogen-bond donors (Lipinski definition) is 4. The number of aryl methyl sites for hydroxylation is 2. The lowest BCUT2D eigenvalue weighted by Gasteiger charge is -2.40. The number of amides is 1. The minimum atomic E-state index is -3.11. The van der Waals surface area contributed by atoms with Crippen LogP contribution in [0.3, 0.4) is 0 Å². The summed E-state index contributed by atoms with van der Waals surface area (Å²) >= 11 is 0. The van der Waals surface area contributed by atoms with Gasteiger partial charge in [0, 0.05) is 5.56 Å². The number of hydrogen-bond acceptors (Lipinski definition) is 7. The quantitative estimate of drug-likeness (QED) is 0.548. The third-order valence-electron chi connectivity index (χ3n) is 5.38. The molecular formula is C20H21BNO8-. The highest BCUT2D eigenvalue weighted by molar-refractivity contribution is 6.59. The molecule has 0 aliphatic carbocycles. The topological polar surface area (TPSA) is 137 Å². The highest BCUT2D eigenvalue weighted by Crippen LogP contribution is 2.39. The van der Waals surface area contributed by atoms with Crippen LogP contribution in [0.1, 0.15) is 31.8 Å². The van der Waals surface area contributed by atoms with Crippen LogP contribution in [0.2, 0.25) is 6.32 Å². The van der Waals surface area contributed by atoms with Crippen LogP contribution in [0.15, 0.2) is 30.3 Å². The molecule has 1 amide bonds. The first-order valence-electron chi connectivity index (χ1n) is 9.58. The van der Waals surface area contributed by atoms with E-state index < -0.39 is 18.8 Å². The smallest absolute Gasteiger partial charge is 0.430 e. The van der Waals surface area contributed by atoms with Gasteiger partial charge in [-0.25, -0.2) is 4.79 Å². The second kappa shape index (κ2) is 7.23. The van der Waals surface area contributed by atoms with Crippen LogP contribution in [0.4, 0.5) is 0 Å². The SMILES string of the molecule is Cc1cc(C(=O)N2CC(Oc3ccc4c(c3C(=O)O)O[B-](O)(O)CC4)C2)ccc1O. The second-order valence-corrected chi connectivity index (χ2v) is 7.70. The van der Waals surface area contributed by atoms with Gasteiger partial charge in [0.1, 0.15) is 23.2 Å². The number of carboxylic acids is 1. The molecule has 4 N–H and O–H groups in total. The van der Waals surface area contributed by atoms with Crippen molar-refractivity contribution in [2.24, 2.45) is 0 Å². The molecule has 2 aliphatic rings. The zero-order valence-corrected chi connectivity index (χ0v) is 16.2. The van der Waals surface area contributed by atoms with E-state index in [9.17, 15) is 29.9 Å². The normalized spacial score (nSPS) is 17.5. The first kappa shape index (κ1) is 20.1. The Morgan fingerprint density at radius 2 is 1.93 bits per heavy atom. The lowest BCUT2D eigenvalue weighted by atomic mass is 9.70. The molecule has 1 saturated heterocycles. The Bertz CT molecular complexity index is 1030. The van der Waals surface area contributed by atoms with Gasteiger partial charge in [-0.05, 0) is 48.7 Å². The molecule has 4 rings (SSSR count). The molecule has 0 radical (unpaired) electrons. The van der Waals surface area contributed by atoms with Gasteiger partial charge in [0.25, 0.3) is 5.91 Å². The summed E-state index contributed by atoms with van der Waals surface area (Å²) in [6.07, 6.45) is -0.144. The maximum atomic E-state index is 12.5. The van der Waals surface area contributed by atoms with Crippen LogP contribution in [0.5, 0.6) is 17.2 Å². The molecule has 0 spiro atoms. The van der Waals surface area contributed by atoms with Crippen molar-refractivity contribution in [3.05, 3.63) is 52.6 Å². The number of aromatic carboxylic acids is 1. The van der Waals surface area contributed by atoms with E-state index in [2.05, 4.69) is 0 Å². The second-order valence-electron chi connectivity index (χ2n) is 7.70. The number of rotatable bonds is 4. The van der Waals surface area contributed by atoms with Crippen molar-refractivity contribution in [1.29, 1.82) is 0 Å². The maximum Gasteiger partial charge on any atom is 0.430 e. The number of likely N-dealkylation sites (tertiary alicyclic amines) is 1. The molecule has 2 aromatic rings. The Morgan fingerprint density at radius 3 is 2.60 bits per heavy atom. The molecule has 10 heteroatoms. The van der Waals surface area contributed by atoms with Gasteiger partial charge < -0.3 is 34.6 Å². The van der Waals surface area contributed by atoms with Gasteiger partial charge in [-0.2, -0.15) is 0 Å². The Morgan fingerprint density at radius 1 is 1.20 bits per heavy atom. The number of nitrogens with zero attached hydrogens (tertiary/aromatic N) is 1. The average Bonchev–Trinajstić information content (AvgIpc) is 2.64. The van der Waals surface area contributed by atoms with Gasteiger partial charge in [0.2, 0.25) is 0 Å². The van der Waals surface area contributed by atoms with Gasteiger partial charge in [-0.1, -0.05) is 12.4 Å². The van der Waals surface area contributed by atoms with E-state index in [1.807, 2.05) is 0 Å². The van der Waals surface area contributed by atoms with Crippen molar-refractivity contribution in [2.45, 2.75) is 25.8 Å². The first-order valence-corrected chi connectivity index (χ1v) is 9.58. The Balaban J connectivity index is 1.48. The molecule has 158 valence electrons. The molecule has 0 atom stereocenters. The summed E-state index contributed by atoms with van der Waals surface area (Å²) in [5.41, 5.74) is 1.34. The van der Waals surface area contributed by atoms with E-state index in [0.717, 1.165) is 0 Å². The molecular weight excluding hydrogens is 393 g/mol. The Labute approximate surface area is 172 Å². The summed E-state index contributed by atoms with van der Waals surface area (Å²) in [5, 5.41) is 38.8. The van der Waals surface area contributed by atoms with Gasteiger partial charge in [0.05, 0.1) is 18.8 Å². The van der Waals surface area contributed by atoms with E-state index >= 15 is 0 Å². The maximum absolute atomic E-state index is 12.5. The summed E-state index contributed by atoms with van der Waals surface area (Å²) in [4.78, 5) is 25.9. The molecule has 2 aliphatic heterocycles. The van der Waals surface area contributed by atoms with Crippen LogP contribution < -0.4 is 9.39 Å². The number of phenols is 1. The van der Waals surface area contributed by atoms with Crippen molar-refractivity contribution in [3.63, 3.8) is 0 Å². The van der Waals surface area contributed by atoms with E-state index in [0.29, 0.717) is 16.7 Å². The van der Waals surface area contributed by atoms with Gasteiger partial charge in [0.15, 0.2) is 0 Å². The number of ether oxygens (including phenoxy) is 1. The van der Waals surface area contributed by atoms with Crippen molar-refractivity contribution in [1.82, 2.24) is 4.90 Å². The number of carbonyl (C=O) groups excluding carboxylic acids is 1. The molecule has 0 saturated carbocycles. The van der Waals surface area contributed by atoms with Crippen molar-refractivity contribution in [3.8, 4) is 17.2 Å². The predicted molar refractivity (Wildman–Crippen MR) is 106 cm³/mol. The number of fused-ring (bicyclic) bond motifs is 1. The third-order valence-corrected chi connectivity index (χ3v) is 5.38. The van der Waals surface area contributed by atoms with Crippen LogP contribution in [0, 0.1) is 6.92 Å². The molecule has 0 unspecified atom stereocenters. The highest BCUT2D eigenvalue weighted by Gasteiger charge is 2.36. The lowest BCUT2D eigenvalue weighted by molar-refractivity contribution is 0.0168. The highest BCUT2D eigenvalue weighted by atomic mass is 16.6. The standard InChI is InChI=1S/C20H21BNO8/c1-11-8-13(2-4-15(11)23)19(24)22-9-14(10-22)29-16-5-3-12-6-7-21(27,28)30-18(12)17(16)20(25)26/h2-5,8,14,23,27-28H,6-7,9-10H2,1H3,(H,25,26)/q-1. The fourth-order valence-electron chi connectivity index (χ4n) is 3.66. The fourth-order valence-corrected chi connectivity index (χ4v) is 3.66. The average molecular weight is 414 g/mol. The van der Waals surface area contributed by atoms with E-state index in [1.165, 1.54) is 12.1 Å². The first-order chi connectivity index (χ1) is 14.1. The molecule has 1 fully saturated rings. The summed E-state index contributed by atoms with van der Waals surface area (Å²) in [6.45, 7) is -0.872. The van der Waals surface area contributed by atoms with Crippen molar-refractivity contribution in [2.75, 3.05) is 13.1 Å². The van der Waals surface area contributed by atoms with Crippen LogP contribution in [-0.4, -0.2) is 63.0 Å². The minimum Gasteiger partial charge on any atom is -0.669 e. The molecule has 9 nitrogen and oxygen atoms in total. The van der Waals surface area contributed by atoms with Gasteiger partial charge >= 0.3 is 12.7 Å². The largest absolute Gasteiger partial charge is 0.669 e. The molecule has 0 bridgehead atoms. The number of carboxylic acid groups (broad SMARTS) is 1. The lowest BCUT2D eigenvalue weighted by Crippen LogP contribution is -2.56. The summed E-state index contributed by atoms with van der Waals surface area (Å²) in [6, 6.07) is 7.77. The van der Waals surface area contributed by atoms with E-state index in [-0.39, 0.29) is 54.5 Å². The summed E-state index contributed by atoms with van der Waals surface area (Å²) in [5.74, 6) is -1.45. The minimum absolute atomic E-state index is 0.0112. The molecule has 2 heterocycles. The summed E-state index contributed by atoms with van der Waals surface area (Å²) in [7, 11) is 0. The zero-order chi connectivity index (χ0) is 21.6. The fraction of sp³-hybridized carbons (Fsp3) is 0.300. The van der Waals surface area contributed by atoms with Crippen molar-refractivity contribution >= 4 is 18.6 Å². The van der Waals surface area contributed by atoms with E-state index in [1.54, 1.807) is 30.0 Å². The van der Waals surface area contributed by atoms with Crippen LogP contribution in [-0.2, 0) is 6.42 Å². The number of phenolic OH excluding ortho intramolecular Hbond substituents is 1. The van der Waals surface area contributed by atoms with Gasteiger partial charge in [-0.3, -0.25) is 4.79 Å². The van der Waals surface area contributed by atoms with Crippen LogP contribution in [0.25, 0.3) is 0 Å². The number of benzene rings is 2. The Kier molecular flexibility index (Phi) is 4.83.